The van der Waals surface area contributed by atoms with Gasteiger partial charge in [-0.15, -0.1) is 0 Å². The first-order valence-corrected chi connectivity index (χ1v) is 6.83. The number of aromatic nitrogens is 5. The molecule has 0 amide bonds. The highest BCUT2D eigenvalue weighted by molar-refractivity contribution is 5.91. The van der Waals surface area contributed by atoms with Crippen LogP contribution in [-0.4, -0.2) is 24.9 Å². The summed E-state index contributed by atoms with van der Waals surface area (Å²) in [6.07, 6.45) is 8.83. The van der Waals surface area contributed by atoms with Gasteiger partial charge in [0.2, 0.25) is 5.95 Å². The molecule has 0 aliphatic heterocycles. The predicted octanol–water partition coefficient (Wildman–Crippen LogP) is 3.16. The first kappa shape index (κ1) is 12.5. The first-order valence-electron chi connectivity index (χ1n) is 6.83. The number of anilines is 2. The lowest BCUT2D eigenvalue weighted by atomic mass is 10.1. The van der Waals surface area contributed by atoms with E-state index < -0.39 is 0 Å². The molecule has 6 heteroatoms. The van der Waals surface area contributed by atoms with Crippen molar-refractivity contribution in [3.63, 3.8) is 0 Å². The van der Waals surface area contributed by atoms with E-state index >= 15 is 0 Å². The summed E-state index contributed by atoms with van der Waals surface area (Å²) < 4.78 is 0. The Labute approximate surface area is 126 Å². The van der Waals surface area contributed by atoms with Crippen molar-refractivity contribution in [1.29, 1.82) is 0 Å². The number of pyridine rings is 2. The average Bonchev–Trinajstić information content (AvgIpc) is 3.04. The largest absolute Gasteiger partial charge is 0.346 e. The highest BCUT2D eigenvalue weighted by atomic mass is 15.1. The fourth-order valence-electron chi connectivity index (χ4n) is 2.32. The van der Waals surface area contributed by atoms with Gasteiger partial charge in [-0.05, 0) is 30.3 Å². The summed E-state index contributed by atoms with van der Waals surface area (Å²) in [5.74, 6) is 0.546. The van der Waals surface area contributed by atoms with E-state index in [4.69, 9.17) is 0 Å². The second-order valence-corrected chi connectivity index (χ2v) is 4.72. The van der Waals surface area contributed by atoms with Crippen molar-refractivity contribution in [3.05, 3.63) is 61.3 Å². The number of nitrogens with one attached hydrogen (secondary N) is 2. The number of hydrogen-bond acceptors (Lipinski definition) is 5. The minimum Gasteiger partial charge on any atom is -0.346 e. The molecule has 0 unspecified atom stereocenters. The third kappa shape index (κ3) is 2.26. The van der Waals surface area contributed by atoms with Crippen LogP contribution < -0.4 is 5.32 Å². The molecule has 4 aromatic heterocycles. The Morgan fingerprint density at radius 1 is 0.864 bits per heavy atom. The summed E-state index contributed by atoms with van der Waals surface area (Å²) >= 11 is 0. The Morgan fingerprint density at radius 3 is 2.64 bits per heavy atom. The van der Waals surface area contributed by atoms with Gasteiger partial charge in [0.15, 0.2) is 0 Å². The zero-order valence-electron chi connectivity index (χ0n) is 11.6. The number of H-pyrrole nitrogens is 1. The van der Waals surface area contributed by atoms with Crippen LogP contribution in [0, 0.1) is 0 Å². The first-order chi connectivity index (χ1) is 10.9. The van der Waals surface area contributed by atoms with Gasteiger partial charge < -0.3 is 10.3 Å². The molecule has 2 N–H and O–H groups in total. The van der Waals surface area contributed by atoms with E-state index in [0.29, 0.717) is 5.95 Å². The lowest BCUT2D eigenvalue weighted by Gasteiger charge is -2.07. The second-order valence-electron chi connectivity index (χ2n) is 4.72. The monoisotopic (exact) mass is 288 g/mol. The third-order valence-corrected chi connectivity index (χ3v) is 3.33. The molecule has 22 heavy (non-hydrogen) atoms. The SMILES string of the molecule is c1cc(Nc2nccc(-c3ccnc4[nH]ccc34)n2)ccn1. The Kier molecular flexibility index (Phi) is 2.97. The summed E-state index contributed by atoms with van der Waals surface area (Å²) in [5, 5.41) is 4.21. The van der Waals surface area contributed by atoms with Crippen LogP contribution in [-0.2, 0) is 0 Å². The van der Waals surface area contributed by atoms with E-state index in [2.05, 4.69) is 30.2 Å². The Bertz CT molecular complexity index is 916. The molecule has 4 rings (SSSR count). The molecule has 0 atom stereocenters. The van der Waals surface area contributed by atoms with Crippen LogP contribution in [0.1, 0.15) is 0 Å². The lowest BCUT2D eigenvalue weighted by Crippen LogP contribution is -1.98. The fourth-order valence-corrected chi connectivity index (χ4v) is 2.32. The van der Waals surface area contributed by atoms with Crippen LogP contribution in [0.3, 0.4) is 0 Å². The predicted molar refractivity (Wildman–Crippen MR) is 84.6 cm³/mol. The minimum atomic E-state index is 0.546. The molecule has 0 radical (unpaired) electrons. The number of rotatable bonds is 3. The quantitative estimate of drug-likeness (QED) is 0.605. The summed E-state index contributed by atoms with van der Waals surface area (Å²) in [4.78, 5) is 20.2. The van der Waals surface area contributed by atoms with Gasteiger partial charge in [-0.1, -0.05) is 0 Å². The normalized spacial score (nSPS) is 10.7. The summed E-state index contributed by atoms with van der Waals surface area (Å²) in [6, 6.07) is 9.57. The van der Waals surface area contributed by atoms with Gasteiger partial charge in [-0.2, -0.15) is 0 Å². The van der Waals surface area contributed by atoms with E-state index in [1.165, 1.54) is 0 Å². The molecular formula is C16H12N6. The van der Waals surface area contributed by atoms with Gasteiger partial charge in [-0.3, -0.25) is 4.98 Å². The maximum Gasteiger partial charge on any atom is 0.227 e. The van der Waals surface area contributed by atoms with Crippen LogP contribution in [0.4, 0.5) is 11.6 Å². The molecule has 0 aliphatic rings. The lowest BCUT2D eigenvalue weighted by molar-refractivity contribution is 1.17. The molecule has 0 saturated carbocycles. The van der Waals surface area contributed by atoms with Crippen LogP contribution in [0.25, 0.3) is 22.3 Å². The van der Waals surface area contributed by atoms with Crippen LogP contribution in [0.15, 0.2) is 61.3 Å². The number of nitrogens with zero attached hydrogens (tertiary/aromatic N) is 4. The highest BCUT2D eigenvalue weighted by Gasteiger charge is 2.08. The van der Waals surface area contributed by atoms with Crippen LogP contribution >= 0.6 is 0 Å². The minimum absolute atomic E-state index is 0.546. The van der Waals surface area contributed by atoms with E-state index in [1.54, 1.807) is 24.8 Å². The zero-order chi connectivity index (χ0) is 14.8. The average molecular weight is 288 g/mol. The van der Waals surface area contributed by atoms with E-state index in [0.717, 1.165) is 28.0 Å². The van der Waals surface area contributed by atoms with Crippen molar-refractivity contribution in [2.75, 3.05) is 5.32 Å². The topological polar surface area (TPSA) is 79.4 Å². The van der Waals surface area contributed by atoms with Crippen molar-refractivity contribution in [2.45, 2.75) is 0 Å². The number of fused-ring (bicyclic) bond motifs is 1. The van der Waals surface area contributed by atoms with E-state index in [9.17, 15) is 0 Å². The molecule has 0 saturated heterocycles. The smallest absolute Gasteiger partial charge is 0.227 e. The molecule has 4 heterocycles. The molecule has 0 spiro atoms. The molecule has 0 aromatic carbocycles. The number of aromatic amines is 1. The zero-order valence-corrected chi connectivity index (χ0v) is 11.6. The van der Waals surface area contributed by atoms with Gasteiger partial charge in [0, 0.05) is 47.6 Å². The van der Waals surface area contributed by atoms with E-state index in [-0.39, 0.29) is 0 Å². The Hall–Kier alpha value is -3.28. The van der Waals surface area contributed by atoms with Gasteiger partial charge >= 0.3 is 0 Å². The second kappa shape index (κ2) is 5.25. The molecule has 4 aromatic rings. The van der Waals surface area contributed by atoms with Crippen molar-refractivity contribution >= 4 is 22.7 Å². The van der Waals surface area contributed by atoms with Crippen LogP contribution in [0.5, 0.6) is 0 Å². The van der Waals surface area contributed by atoms with E-state index in [1.807, 2.05) is 36.5 Å². The summed E-state index contributed by atoms with van der Waals surface area (Å²) in [7, 11) is 0. The molecule has 0 aliphatic carbocycles. The van der Waals surface area contributed by atoms with Crippen molar-refractivity contribution in [2.24, 2.45) is 0 Å². The standard InChI is InChI=1S/C16H12N6/c1-6-17-7-2-11(1)21-16-20-10-5-14(22-16)12-3-8-18-15-13(12)4-9-19-15/h1-10H,(H,18,19)(H,17,20,21,22). The summed E-state index contributed by atoms with van der Waals surface area (Å²) in [6.45, 7) is 0. The number of hydrogen-bond donors (Lipinski definition) is 2. The maximum absolute atomic E-state index is 4.58. The highest BCUT2D eigenvalue weighted by Crippen LogP contribution is 2.26. The van der Waals surface area contributed by atoms with Gasteiger partial charge in [0.1, 0.15) is 5.65 Å². The molecule has 0 bridgehead atoms. The van der Waals surface area contributed by atoms with Crippen molar-refractivity contribution in [1.82, 2.24) is 24.9 Å². The van der Waals surface area contributed by atoms with Gasteiger partial charge in [0.05, 0.1) is 5.69 Å². The molecular weight excluding hydrogens is 276 g/mol. The van der Waals surface area contributed by atoms with Crippen LogP contribution in [0.2, 0.25) is 0 Å². The van der Waals surface area contributed by atoms with Gasteiger partial charge in [-0.25, -0.2) is 15.0 Å². The van der Waals surface area contributed by atoms with Crippen molar-refractivity contribution in [3.8, 4) is 11.3 Å². The van der Waals surface area contributed by atoms with Gasteiger partial charge in [0.25, 0.3) is 0 Å². The maximum atomic E-state index is 4.58. The van der Waals surface area contributed by atoms with Crippen molar-refractivity contribution < 1.29 is 0 Å². The fraction of sp³-hybridized carbons (Fsp3) is 0. The summed E-state index contributed by atoms with van der Waals surface area (Å²) in [5.41, 5.74) is 3.61. The third-order valence-electron chi connectivity index (χ3n) is 3.33. The Balaban J connectivity index is 1.74. The molecule has 106 valence electrons. The molecule has 6 nitrogen and oxygen atoms in total. The Morgan fingerprint density at radius 2 is 1.73 bits per heavy atom. The molecule has 0 fully saturated rings.